The SMILES string of the molecule is CS(=O)(=O)N1CCc2nc(OC3CCN(C4CCC4)CC3)sc2C1. The molecule has 6 nitrogen and oxygen atoms in total. The highest BCUT2D eigenvalue weighted by atomic mass is 32.2. The first-order chi connectivity index (χ1) is 11.5. The molecule has 3 aliphatic rings. The lowest BCUT2D eigenvalue weighted by Crippen LogP contribution is -2.46. The Morgan fingerprint density at radius 3 is 2.54 bits per heavy atom. The summed E-state index contributed by atoms with van der Waals surface area (Å²) < 4.78 is 31.1. The average molecular weight is 372 g/mol. The summed E-state index contributed by atoms with van der Waals surface area (Å²) >= 11 is 1.52. The molecule has 1 saturated heterocycles. The Balaban J connectivity index is 1.34. The Hall–Kier alpha value is -0.700. The average Bonchev–Trinajstić information content (AvgIpc) is 2.87. The molecule has 134 valence electrons. The van der Waals surface area contributed by atoms with Crippen LogP contribution in [0.3, 0.4) is 0 Å². The third-order valence-electron chi connectivity index (χ3n) is 5.48. The summed E-state index contributed by atoms with van der Waals surface area (Å²) in [4.78, 5) is 8.25. The summed E-state index contributed by atoms with van der Waals surface area (Å²) in [5.41, 5.74) is 1.02. The first-order valence-electron chi connectivity index (χ1n) is 8.83. The van der Waals surface area contributed by atoms with Crippen LogP contribution >= 0.6 is 11.3 Å². The molecule has 2 aliphatic heterocycles. The molecule has 0 N–H and O–H groups in total. The third kappa shape index (κ3) is 3.47. The van der Waals surface area contributed by atoms with Crippen molar-refractivity contribution in [1.82, 2.24) is 14.2 Å². The number of nitrogens with zero attached hydrogens (tertiary/aromatic N) is 3. The van der Waals surface area contributed by atoms with Gasteiger partial charge in [-0.05, 0) is 25.7 Å². The first-order valence-corrected chi connectivity index (χ1v) is 11.5. The Labute approximate surface area is 147 Å². The smallest absolute Gasteiger partial charge is 0.273 e. The molecule has 8 heteroatoms. The largest absolute Gasteiger partial charge is 0.467 e. The van der Waals surface area contributed by atoms with Crippen LogP contribution in [-0.2, 0) is 23.0 Å². The predicted octanol–water partition coefficient (Wildman–Crippen LogP) is 1.86. The highest BCUT2D eigenvalue weighted by molar-refractivity contribution is 7.88. The van der Waals surface area contributed by atoms with E-state index in [2.05, 4.69) is 9.88 Å². The van der Waals surface area contributed by atoms with E-state index in [4.69, 9.17) is 4.74 Å². The highest BCUT2D eigenvalue weighted by Gasteiger charge is 2.31. The Morgan fingerprint density at radius 1 is 1.17 bits per heavy atom. The normalized spacial score (nSPS) is 24.5. The van der Waals surface area contributed by atoms with Gasteiger partial charge in [-0.15, -0.1) is 0 Å². The van der Waals surface area contributed by atoms with Gasteiger partial charge in [-0.3, -0.25) is 0 Å². The molecule has 0 bridgehead atoms. The summed E-state index contributed by atoms with van der Waals surface area (Å²) in [6, 6.07) is 0.820. The lowest BCUT2D eigenvalue weighted by molar-refractivity contribution is 0.0492. The summed E-state index contributed by atoms with van der Waals surface area (Å²) in [6.07, 6.45) is 8.44. The summed E-state index contributed by atoms with van der Waals surface area (Å²) in [7, 11) is -3.13. The van der Waals surface area contributed by atoms with Gasteiger partial charge in [0.1, 0.15) is 6.10 Å². The molecule has 1 aromatic rings. The number of thiazole rings is 1. The number of ether oxygens (including phenoxy) is 1. The van der Waals surface area contributed by atoms with Gasteiger partial charge in [-0.25, -0.2) is 13.4 Å². The van der Waals surface area contributed by atoms with Crippen LogP contribution in [0.2, 0.25) is 0 Å². The number of piperidine rings is 1. The number of hydrogen-bond donors (Lipinski definition) is 0. The maximum absolute atomic E-state index is 11.7. The molecule has 0 atom stereocenters. The molecule has 24 heavy (non-hydrogen) atoms. The van der Waals surface area contributed by atoms with Gasteiger partial charge in [-0.2, -0.15) is 4.31 Å². The van der Waals surface area contributed by atoms with E-state index in [0.717, 1.165) is 47.7 Å². The first kappa shape index (κ1) is 16.8. The molecule has 0 radical (unpaired) electrons. The molecular weight excluding hydrogens is 346 g/mol. The molecule has 1 aromatic heterocycles. The molecule has 1 saturated carbocycles. The minimum absolute atomic E-state index is 0.250. The monoisotopic (exact) mass is 371 g/mol. The van der Waals surface area contributed by atoms with E-state index in [1.165, 1.54) is 41.2 Å². The van der Waals surface area contributed by atoms with Crippen LogP contribution in [0.25, 0.3) is 0 Å². The molecule has 1 aliphatic carbocycles. The van der Waals surface area contributed by atoms with Gasteiger partial charge >= 0.3 is 0 Å². The van der Waals surface area contributed by atoms with E-state index in [0.29, 0.717) is 19.5 Å². The molecule has 0 amide bonds. The highest BCUT2D eigenvalue weighted by Crippen LogP contribution is 2.33. The van der Waals surface area contributed by atoms with Crippen LogP contribution in [0.15, 0.2) is 0 Å². The van der Waals surface area contributed by atoms with Gasteiger partial charge in [0, 0.05) is 43.5 Å². The zero-order valence-corrected chi connectivity index (χ0v) is 15.7. The maximum Gasteiger partial charge on any atom is 0.273 e. The van der Waals surface area contributed by atoms with E-state index < -0.39 is 10.0 Å². The second-order valence-electron chi connectivity index (χ2n) is 7.13. The number of aromatic nitrogens is 1. The van der Waals surface area contributed by atoms with Crippen LogP contribution < -0.4 is 4.74 Å². The van der Waals surface area contributed by atoms with Crippen molar-refractivity contribution in [2.75, 3.05) is 25.9 Å². The van der Waals surface area contributed by atoms with E-state index >= 15 is 0 Å². The second-order valence-corrected chi connectivity index (χ2v) is 10.2. The van der Waals surface area contributed by atoms with Gasteiger partial charge in [-0.1, -0.05) is 17.8 Å². The van der Waals surface area contributed by atoms with Crippen LogP contribution in [-0.4, -0.2) is 60.6 Å². The molecule has 4 rings (SSSR count). The number of hydrogen-bond acceptors (Lipinski definition) is 6. The van der Waals surface area contributed by atoms with Crippen molar-refractivity contribution in [2.24, 2.45) is 0 Å². The molecule has 2 fully saturated rings. The van der Waals surface area contributed by atoms with Crippen LogP contribution in [0.1, 0.15) is 42.7 Å². The van der Waals surface area contributed by atoms with E-state index in [-0.39, 0.29) is 6.10 Å². The lowest BCUT2D eigenvalue weighted by Gasteiger charge is -2.41. The van der Waals surface area contributed by atoms with Crippen molar-refractivity contribution in [2.45, 2.75) is 57.2 Å². The minimum Gasteiger partial charge on any atom is -0.467 e. The number of fused-ring (bicyclic) bond motifs is 1. The Bertz CT molecular complexity index is 691. The number of sulfonamides is 1. The molecule has 0 aromatic carbocycles. The number of likely N-dealkylation sites (tertiary alicyclic amines) is 1. The fourth-order valence-electron chi connectivity index (χ4n) is 3.74. The van der Waals surface area contributed by atoms with Crippen molar-refractivity contribution in [3.8, 4) is 5.19 Å². The van der Waals surface area contributed by atoms with Crippen molar-refractivity contribution in [3.63, 3.8) is 0 Å². The lowest BCUT2D eigenvalue weighted by atomic mass is 9.90. The molecule has 3 heterocycles. The molecular formula is C16H25N3O3S2. The van der Waals surface area contributed by atoms with Gasteiger partial charge in [0.2, 0.25) is 10.0 Å². The van der Waals surface area contributed by atoms with Crippen molar-refractivity contribution < 1.29 is 13.2 Å². The summed E-state index contributed by atoms with van der Waals surface area (Å²) in [5, 5.41) is 0.720. The zero-order chi connectivity index (χ0) is 16.7. The fourth-order valence-corrected chi connectivity index (χ4v) is 5.64. The van der Waals surface area contributed by atoms with Crippen LogP contribution in [0.4, 0.5) is 0 Å². The Kier molecular flexibility index (Phi) is 4.57. The Morgan fingerprint density at radius 2 is 1.92 bits per heavy atom. The maximum atomic E-state index is 11.7. The minimum atomic E-state index is -3.13. The quantitative estimate of drug-likeness (QED) is 0.808. The summed E-state index contributed by atoms with van der Waals surface area (Å²) in [5.74, 6) is 0. The van der Waals surface area contributed by atoms with Crippen molar-refractivity contribution >= 4 is 21.4 Å². The van der Waals surface area contributed by atoms with Gasteiger partial charge in [0.05, 0.1) is 11.9 Å². The predicted molar refractivity (Wildman–Crippen MR) is 93.9 cm³/mol. The van der Waals surface area contributed by atoms with Gasteiger partial charge in [0.15, 0.2) is 0 Å². The molecule has 0 unspecified atom stereocenters. The van der Waals surface area contributed by atoms with E-state index in [9.17, 15) is 8.42 Å². The van der Waals surface area contributed by atoms with Crippen LogP contribution in [0, 0.1) is 0 Å². The molecule has 0 spiro atoms. The fraction of sp³-hybridized carbons (Fsp3) is 0.812. The standard InChI is InChI=1S/C16H25N3O3S2/c1-24(20,21)19-10-7-14-15(11-19)23-16(17-14)22-13-5-8-18(9-6-13)12-3-2-4-12/h12-13H,2-11H2,1H3. The number of rotatable bonds is 4. The van der Waals surface area contributed by atoms with Crippen molar-refractivity contribution in [1.29, 1.82) is 0 Å². The van der Waals surface area contributed by atoms with Crippen LogP contribution in [0.5, 0.6) is 5.19 Å². The topological polar surface area (TPSA) is 62.7 Å². The van der Waals surface area contributed by atoms with Gasteiger partial charge < -0.3 is 9.64 Å². The van der Waals surface area contributed by atoms with Crippen molar-refractivity contribution in [3.05, 3.63) is 10.6 Å². The van der Waals surface area contributed by atoms with E-state index in [1.807, 2.05) is 0 Å². The zero-order valence-electron chi connectivity index (χ0n) is 14.1. The van der Waals surface area contributed by atoms with Gasteiger partial charge in [0.25, 0.3) is 5.19 Å². The second kappa shape index (κ2) is 6.55. The summed E-state index contributed by atoms with van der Waals surface area (Å²) in [6.45, 7) is 3.22. The third-order valence-corrected chi connectivity index (χ3v) is 7.70. The van der Waals surface area contributed by atoms with E-state index in [1.54, 1.807) is 0 Å².